The predicted octanol–water partition coefficient (Wildman–Crippen LogP) is 3.08. The Kier molecular flexibility index (Phi) is 5.34. The van der Waals surface area contributed by atoms with Crippen molar-refractivity contribution in [1.29, 1.82) is 0 Å². The molecule has 1 fully saturated rings. The van der Waals surface area contributed by atoms with E-state index < -0.39 is 5.60 Å². The molecule has 0 radical (unpaired) electrons. The third kappa shape index (κ3) is 4.88. The summed E-state index contributed by atoms with van der Waals surface area (Å²) in [5.74, 6) is 0. The second kappa shape index (κ2) is 6.87. The summed E-state index contributed by atoms with van der Waals surface area (Å²) in [5, 5.41) is 0. The number of piperazine rings is 1. The largest absolute Gasteiger partial charge is 0.444 e. The molecule has 0 atom stereocenters. The molecule has 5 nitrogen and oxygen atoms in total. The van der Waals surface area contributed by atoms with Crippen molar-refractivity contribution in [2.75, 3.05) is 31.9 Å². The van der Waals surface area contributed by atoms with Gasteiger partial charge in [0.15, 0.2) is 0 Å². The van der Waals surface area contributed by atoms with Gasteiger partial charge in [0.2, 0.25) is 0 Å². The third-order valence-electron chi connectivity index (χ3n) is 3.52. The zero-order valence-electron chi connectivity index (χ0n) is 13.4. The molecule has 22 heavy (non-hydrogen) atoms. The number of nitrogens with zero attached hydrogens (tertiary/aromatic N) is 2. The van der Waals surface area contributed by atoms with Crippen LogP contribution in [-0.2, 0) is 11.3 Å². The summed E-state index contributed by atoms with van der Waals surface area (Å²) < 4.78 is 6.44. The summed E-state index contributed by atoms with van der Waals surface area (Å²) in [4.78, 5) is 16.1. The van der Waals surface area contributed by atoms with E-state index in [1.165, 1.54) is 0 Å². The number of halogens is 1. The van der Waals surface area contributed by atoms with Crippen molar-refractivity contribution in [3.8, 4) is 0 Å². The van der Waals surface area contributed by atoms with Gasteiger partial charge in [-0.25, -0.2) is 4.79 Å². The van der Waals surface area contributed by atoms with Crippen LogP contribution in [0.4, 0.5) is 10.5 Å². The fraction of sp³-hybridized carbons (Fsp3) is 0.562. The predicted molar refractivity (Wildman–Crippen MR) is 91.6 cm³/mol. The van der Waals surface area contributed by atoms with Crippen LogP contribution in [0.2, 0.25) is 0 Å². The Morgan fingerprint density at radius 2 is 1.91 bits per heavy atom. The molecule has 1 aromatic carbocycles. The first kappa shape index (κ1) is 17.1. The lowest BCUT2D eigenvalue weighted by Gasteiger charge is -2.35. The monoisotopic (exact) mass is 369 g/mol. The highest BCUT2D eigenvalue weighted by Gasteiger charge is 2.25. The molecule has 1 saturated heterocycles. The van der Waals surface area contributed by atoms with Gasteiger partial charge < -0.3 is 15.4 Å². The van der Waals surface area contributed by atoms with Gasteiger partial charge in [-0.2, -0.15) is 0 Å². The molecule has 0 spiro atoms. The van der Waals surface area contributed by atoms with Crippen LogP contribution in [0.1, 0.15) is 26.3 Å². The number of ether oxygens (including phenoxy) is 1. The molecule has 1 aliphatic heterocycles. The highest BCUT2D eigenvalue weighted by molar-refractivity contribution is 9.10. The van der Waals surface area contributed by atoms with Gasteiger partial charge in [0, 0.05) is 42.9 Å². The molecule has 122 valence electrons. The van der Waals surface area contributed by atoms with Gasteiger partial charge in [-0.1, -0.05) is 15.9 Å². The molecular formula is C16H24BrN3O2. The van der Waals surface area contributed by atoms with Crippen molar-refractivity contribution in [2.45, 2.75) is 32.9 Å². The van der Waals surface area contributed by atoms with E-state index in [-0.39, 0.29) is 6.09 Å². The fourth-order valence-electron chi connectivity index (χ4n) is 2.37. The minimum absolute atomic E-state index is 0.228. The van der Waals surface area contributed by atoms with Crippen LogP contribution >= 0.6 is 15.9 Å². The van der Waals surface area contributed by atoms with Gasteiger partial charge in [0.25, 0.3) is 0 Å². The lowest BCUT2D eigenvalue weighted by molar-refractivity contribution is 0.0139. The van der Waals surface area contributed by atoms with Crippen LogP contribution in [0.5, 0.6) is 0 Å². The number of carbonyl (C=O) groups excluding carboxylic acids is 1. The first-order valence-electron chi connectivity index (χ1n) is 7.49. The Bertz CT molecular complexity index is 535. The van der Waals surface area contributed by atoms with Crippen molar-refractivity contribution in [3.63, 3.8) is 0 Å². The van der Waals surface area contributed by atoms with Crippen LogP contribution in [-0.4, -0.2) is 47.7 Å². The van der Waals surface area contributed by atoms with Gasteiger partial charge in [0.1, 0.15) is 5.60 Å². The Morgan fingerprint density at radius 3 is 2.50 bits per heavy atom. The summed E-state index contributed by atoms with van der Waals surface area (Å²) in [6, 6.07) is 5.91. The molecule has 0 saturated carbocycles. The Balaban J connectivity index is 1.87. The molecule has 0 bridgehead atoms. The van der Waals surface area contributed by atoms with Crippen molar-refractivity contribution >= 4 is 27.7 Å². The lowest BCUT2D eigenvalue weighted by atomic mass is 10.1. The van der Waals surface area contributed by atoms with Crippen LogP contribution in [0.15, 0.2) is 22.7 Å². The third-order valence-corrected chi connectivity index (χ3v) is 4.02. The van der Waals surface area contributed by atoms with Crippen LogP contribution < -0.4 is 5.73 Å². The van der Waals surface area contributed by atoms with Crippen LogP contribution in [0.3, 0.4) is 0 Å². The van der Waals surface area contributed by atoms with Gasteiger partial charge >= 0.3 is 6.09 Å². The van der Waals surface area contributed by atoms with Gasteiger partial charge in [-0.05, 0) is 44.5 Å². The minimum atomic E-state index is -0.445. The van der Waals surface area contributed by atoms with Gasteiger partial charge in [-0.3, -0.25) is 4.90 Å². The van der Waals surface area contributed by atoms with Crippen LogP contribution in [0, 0.1) is 0 Å². The normalized spacial score (nSPS) is 16.6. The zero-order valence-corrected chi connectivity index (χ0v) is 15.0. The second-order valence-corrected chi connectivity index (χ2v) is 7.50. The van der Waals surface area contributed by atoms with Gasteiger partial charge in [-0.15, -0.1) is 0 Å². The highest BCUT2D eigenvalue weighted by atomic mass is 79.9. The minimum Gasteiger partial charge on any atom is -0.444 e. The fourth-order valence-corrected chi connectivity index (χ4v) is 2.78. The summed E-state index contributed by atoms with van der Waals surface area (Å²) >= 11 is 3.47. The second-order valence-electron chi connectivity index (χ2n) is 6.59. The number of rotatable bonds is 2. The lowest BCUT2D eigenvalue weighted by Crippen LogP contribution is -2.49. The first-order valence-corrected chi connectivity index (χ1v) is 8.28. The van der Waals surface area contributed by atoms with E-state index in [9.17, 15) is 4.79 Å². The maximum atomic E-state index is 12.0. The number of nitrogen functional groups attached to an aromatic ring is 1. The molecule has 1 aliphatic rings. The summed E-state index contributed by atoms with van der Waals surface area (Å²) in [6.07, 6.45) is -0.228. The first-order chi connectivity index (χ1) is 10.2. The van der Waals surface area contributed by atoms with E-state index in [4.69, 9.17) is 10.5 Å². The smallest absolute Gasteiger partial charge is 0.410 e. The molecule has 2 rings (SSSR count). The number of hydrogen-bond donors (Lipinski definition) is 1. The molecular weight excluding hydrogens is 346 g/mol. The van der Waals surface area contributed by atoms with Crippen LogP contribution in [0.25, 0.3) is 0 Å². The number of nitrogens with two attached hydrogens (primary N) is 1. The SMILES string of the molecule is CC(C)(C)OC(=O)N1CCN(Cc2cc(Br)ccc2N)CC1. The Morgan fingerprint density at radius 1 is 1.27 bits per heavy atom. The Labute approximate surface area is 140 Å². The van der Waals surface area contributed by atoms with Crippen molar-refractivity contribution in [1.82, 2.24) is 9.80 Å². The quantitative estimate of drug-likeness (QED) is 0.813. The molecule has 1 aromatic rings. The van der Waals surface area contributed by atoms with Crippen molar-refractivity contribution in [3.05, 3.63) is 28.2 Å². The number of carbonyl (C=O) groups is 1. The number of amides is 1. The van der Waals surface area contributed by atoms with E-state index >= 15 is 0 Å². The summed E-state index contributed by atoms with van der Waals surface area (Å²) in [6.45, 7) is 9.47. The molecule has 2 N–H and O–H groups in total. The van der Waals surface area contributed by atoms with E-state index in [1.54, 1.807) is 4.90 Å². The van der Waals surface area contributed by atoms with Crippen molar-refractivity contribution in [2.24, 2.45) is 0 Å². The summed E-state index contributed by atoms with van der Waals surface area (Å²) in [5.41, 5.74) is 7.49. The topological polar surface area (TPSA) is 58.8 Å². The zero-order chi connectivity index (χ0) is 16.3. The standard InChI is InChI=1S/C16H24BrN3O2/c1-16(2,3)22-15(21)20-8-6-19(7-9-20)11-12-10-13(17)4-5-14(12)18/h4-5,10H,6-9,11,18H2,1-3H3. The maximum absolute atomic E-state index is 12.0. The molecule has 1 amide bonds. The average Bonchev–Trinajstić information content (AvgIpc) is 2.42. The summed E-state index contributed by atoms with van der Waals surface area (Å²) in [7, 11) is 0. The van der Waals surface area contributed by atoms with Crippen molar-refractivity contribution < 1.29 is 9.53 Å². The van der Waals surface area contributed by atoms with E-state index in [1.807, 2.05) is 32.9 Å². The average molecular weight is 370 g/mol. The Hall–Kier alpha value is -1.27. The molecule has 0 unspecified atom stereocenters. The van der Waals surface area contributed by atoms with Gasteiger partial charge in [0.05, 0.1) is 0 Å². The number of anilines is 1. The molecule has 1 heterocycles. The number of hydrogen-bond acceptors (Lipinski definition) is 4. The molecule has 0 aromatic heterocycles. The maximum Gasteiger partial charge on any atom is 0.410 e. The highest BCUT2D eigenvalue weighted by Crippen LogP contribution is 2.21. The van der Waals surface area contributed by atoms with E-state index in [2.05, 4.69) is 26.9 Å². The number of benzene rings is 1. The van der Waals surface area contributed by atoms with E-state index in [0.29, 0.717) is 13.1 Å². The molecule has 6 heteroatoms. The molecule has 0 aliphatic carbocycles. The van der Waals surface area contributed by atoms with E-state index in [0.717, 1.165) is 35.4 Å².